The van der Waals surface area contributed by atoms with Crippen LogP contribution in [0.1, 0.15) is 82.9 Å². The fourth-order valence-electron chi connectivity index (χ4n) is 4.57. The van der Waals surface area contributed by atoms with Gasteiger partial charge in [0, 0.05) is 25.2 Å². The third-order valence-corrected chi connectivity index (χ3v) is 6.20. The monoisotopic (exact) mass is 380 g/mol. The van der Waals surface area contributed by atoms with Gasteiger partial charge in [-0.25, -0.2) is 0 Å². The zero-order valence-electron chi connectivity index (χ0n) is 16.6. The van der Waals surface area contributed by atoms with E-state index in [1.54, 1.807) is 18.2 Å². The molecule has 0 radical (unpaired) electrons. The van der Waals surface area contributed by atoms with Gasteiger partial charge in [0.1, 0.15) is 0 Å². The molecule has 28 heavy (non-hydrogen) atoms. The Balaban J connectivity index is 1.49. The van der Waals surface area contributed by atoms with Gasteiger partial charge < -0.3 is 4.90 Å². The summed E-state index contributed by atoms with van der Waals surface area (Å²) < 4.78 is 0. The molecule has 1 aromatic carbocycles. The average molecular weight is 380 g/mol. The number of nitrogens with zero attached hydrogens (tertiary/aromatic N) is 2. The molecular formula is C23H28N2O3. The van der Waals surface area contributed by atoms with Gasteiger partial charge in [-0.15, -0.1) is 0 Å². The maximum Gasteiger partial charge on any atom is 0.261 e. The van der Waals surface area contributed by atoms with Crippen LogP contribution in [0.15, 0.2) is 29.8 Å². The first-order valence-corrected chi connectivity index (χ1v) is 10.5. The molecule has 1 fully saturated rings. The van der Waals surface area contributed by atoms with Gasteiger partial charge in [-0.3, -0.25) is 19.3 Å². The fourth-order valence-corrected chi connectivity index (χ4v) is 4.57. The Morgan fingerprint density at radius 2 is 1.93 bits per heavy atom. The Hall–Kier alpha value is -2.43. The van der Waals surface area contributed by atoms with Crippen LogP contribution in [-0.4, -0.2) is 47.2 Å². The van der Waals surface area contributed by atoms with Gasteiger partial charge in [-0.2, -0.15) is 0 Å². The Kier molecular flexibility index (Phi) is 5.33. The summed E-state index contributed by atoms with van der Waals surface area (Å²) in [4.78, 5) is 41.6. The van der Waals surface area contributed by atoms with Gasteiger partial charge in [0.2, 0.25) is 0 Å². The Labute approximate surface area is 166 Å². The smallest absolute Gasteiger partial charge is 0.261 e. The Morgan fingerprint density at radius 3 is 2.68 bits per heavy atom. The highest BCUT2D eigenvalue weighted by Gasteiger charge is 2.36. The number of rotatable bonds is 4. The highest BCUT2D eigenvalue weighted by atomic mass is 16.2. The molecule has 4 rings (SSSR count). The van der Waals surface area contributed by atoms with Crippen molar-refractivity contribution >= 4 is 17.7 Å². The van der Waals surface area contributed by atoms with E-state index in [9.17, 15) is 14.4 Å². The van der Waals surface area contributed by atoms with Crippen LogP contribution in [0.25, 0.3) is 0 Å². The topological polar surface area (TPSA) is 57.7 Å². The minimum absolute atomic E-state index is 0.0413. The first-order valence-electron chi connectivity index (χ1n) is 10.5. The van der Waals surface area contributed by atoms with Gasteiger partial charge in [0.25, 0.3) is 17.7 Å². The number of amides is 3. The number of allylic oxidation sites excluding steroid dienone is 1. The number of carbonyl (C=O) groups is 3. The molecule has 2 aliphatic heterocycles. The van der Waals surface area contributed by atoms with E-state index in [2.05, 4.69) is 13.0 Å². The highest BCUT2D eigenvalue weighted by molar-refractivity contribution is 6.22. The van der Waals surface area contributed by atoms with E-state index in [1.807, 2.05) is 4.90 Å². The molecule has 3 aliphatic rings. The largest absolute Gasteiger partial charge is 0.338 e. The summed E-state index contributed by atoms with van der Waals surface area (Å²) in [5, 5.41) is 0. The molecule has 1 atom stereocenters. The molecule has 0 bridgehead atoms. The van der Waals surface area contributed by atoms with E-state index in [0.29, 0.717) is 29.2 Å². The molecule has 0 unspecified atom stereocenters. The summed E-state index contributed by atoms with van der Waals surface area (Å²) in [5.74, 6) is -0.0413. The van der Waals surface area contributed by atoms with E-state index < -0.39 is 0 Å². The highest BCUT2D eigenvalue weighted by Crippen LogP contribution is 2.27. The lowest BCUT2D eigenvalue weighted by molar-refractivity contribution is 0.0654. The van der Waals surface area contributed by atoms with Crippen molar-refractivity contribution < 1.29 is 14.4 Å². The predicted molar refractivity (Wildman–Crippen MR) is 107 cm³/mol. The number of piperidine rings is 1. The summed E-state index contributed by atoms with van der Waals surface area (Å²) in [6.07, 6.45) is 9.73. The first kappa shape index (κ1) is 18.9. The minimum Gasteiger partial charge on any atom is -0.338 e. The first-order chi connectivity index (χ1) is 13.5. The number of benzene rings is 1. The lowest BCUT2D eigenvalue weighted by atomic mass is 9.97. The lowest BCUT2D eigenvalue weighted by Crippen LogP contribution is -2.39. The van der Waals surface area contributed by atoms with Crippen molar-refractivity contribution in [2.24, 2.45) is 5.92 Å². The van der Waals surface area contributed by atoms with Gasteiger partial charge in [0.05, 0.1) is 11.1 Å². The second-order valence-electron chi connectivity index (χ2n) is 8.38. The summed E-state index contributed by atoms with van der Waals surface area (Å²) in [6, 6.07) is 4.96. The number of hydrogen-bond acceptors (Lipinski definition) is 3. The second kappa shape index (κ2) is 7.90. The molecule has 5 nitrogen and oxygen atoms in total. The van der Waals surface area contributed by atoms with Crippen LogP contribution >= 0.6 is 0 Å². The van der Waals surface area contributed by atoms with Gasteiger partial charge in [-0.05, 0) is 69.1 Å². The van der Waals surface area contributed by atoms with Crippen molar-refractivity contribution in [1.29, 1.82) is 0 Å². The maximum absolute atomic E-state index is 12.9. The number of carbonyl (C=O) groups excluding carboxylic acids is 3. The average Bonchev–Trinajstić information content (AvgIpc) is 2.96. The molecule has 148 valence electrons. The van der Waals surface area contributed by atoms with Crippen molar-refractivity contribution in [3.05, 3.63) is 46.5 Å². The zero-order chi connectivity index (χ0) is 19.7. The summed E-state index contributed by atoms with van der Waals surface area (Å²) in [5.41, 5.74) is 2.65. The SMILES string of the molecule is C[C@H]1CCCN(C(=O)c2ccc3c(c2)C(=O)N(CCC2=CCCCC2)C3=O)C1. The summed E-state index contributed by atoms with van der Waals surface area (Å²) in [7, 11) is 0. The number of fused-ring (bicyclic) bond motifs is 1. The number of likely N-dealkylation sites (tertiary alicyclic amines) is 1. The molecule has 0 saturated carbocycles. The fraction of sp³-hybridized carbons (Fsp3) is 0.522. The van der Waals surface area contributed by atoms with Crippen LogP contribution in [0.4, 0.5) is 0 Å². The van der Waals surface area contributed by atoms with Crippen LogP contribution in [-0.2, 0) is 0 Å². The van der Waals surface area contributed by atoms with Crippen molar-refractivity contribution in [3.8, 4) is 0 Å². The van der Waals surface area contributed by atoms with Gasteiger partial charge >= 0.3 is 0 Å². The third kappa shape index (κ3) is 3.62. The molecule has 3 amide bonds. The molecule has 0 spiro atoms. The van der Waals surface area contributed by atoms with Crippen LogP contribution in [0.3, 0.4) is 0 Å². The molecule has 1 aliphatic carbocycles. The lowest BCUT2D eigenvalue weighted by Gasteiger charge is -2.31. The summed E-state index contributed by atoms with van der Waals surface area (Å²) >= 11 is 0. The van der Waals surface area contributed by atoms with E-state index in [4.69, 9.17) is 0 Å². The van der Waals surface area contributed by atoms with E-state index in [1.165, 1.54) is 23.3 Å². The van der Waals surface area contributed by atoms with Crippen molar-refractivity contribution in [3.63, 3.8) is 0 Å². The quantitative estimate of drug-likeness (QED) is 0.585. The van der Waals surface area contributed by atoms with Crippen molar-refractivity contribution in [2.75, 3.05) is 19.6 Å². The maximum atomic E-state index is 12.9. The molecular weight excluding hydrogens is 352 g/mol. The van der Waals surface area contributed by atoms with Crippen LogP contribution in [0.2, 0.25) is 0 Å². The Bertz CT molecular complexity index is 842. The predicted octanol–water partition coefficient (Wildman–Crippen LogP) is 4.05. The standard InChI is InChI=1S/C23H28N2O3/c1-16-6-5-12-24(15-16)21(26)18-9-10-19-20(14-18)23(28)25(22(19)27)13-11-17-7-3-2-4-8-17/h7,9-10,14,16H,2-6,8,11-13,15H2,1H3/t16-/m0/s1. The molecule has 1 aromatic rings. The molecule has 0 N–H and O–H groups in total. The minimum atomic E-state index is -0.266. The van der Waals surface area contributed by atoms with Crippen molar-refractivity contribution in [2.45, 2.75) is 51.9 Å². The number of imide groups is 1. The van der Waals surface area contributed by atoms with E-state index in [-0.39, 0.29) is 17.7 Å². The molecule has 0 aromatic heterocycles. The summed E-state index contributed by atoms with van der Waals surface area (Å²) in [6.45, 7) is 4.09. The molecule has 1 saturated heterocycles. The second-order valence-corrected chi connectivity index (χ2v) is 8.38. The van der Waals surface area contributed by atoms with E-state index in [0.717, 1.165) is 45.2 Å². The molecule has 5 heteroatoms. The van der Waals surface area contributed by atoms with Gasteiger partial charge in [0.15, 0.2) is 0 Å². The van der Waals surface area contributed by atoms with Crippen LogP contribution < -0.4 is 0 Å². The third-order valence-electron chi connectivity index (χ3n) is 6.20. The van der Waals surface area contributed by atoms with Gasteiger partial charge in [-0.1, -0.05) is 18.6 Å². The zero-order valence-corrected chi connectivity index (χ0v) is 16.6. The molecule has 2 heterocycles. The van der Waals surface area contributed by atoms with Crippen molar-refractivity contribution in [1.82, 2.24) is 9.80 Å². The van der Waals surface area contributed by atoms with E-state index >= 15 is 0 Å². The Morgan fingerprint density at radius 1 is 1.11 bits per heavy atom. The van der Waals surface area contributed by atoms with Crippen LogP contribution in [0, 0.1) is 5.92 Å². The van der Waals surface area contributed by atoms with Crippen LogP contribution in [0.5, 0.6) is 0 Å². The normalized spacial score (nSPS) is 22.3. The number of hydrogen-bond donors (Lipinski definition) is 0.